The van der Waals surface area contributed by atoms with Crippen molar-refractivity contribution in [3.63, 3.8) is 0 Å². The maximum Gasteiger partial charge on any atom is 0.125 e. The Morgan fingerprint density at radius 2 is 1.43 bits per heavy atom. The van der Waals surface area contributed by atoms with Gasteiger partial charge < -0.3 is 4.74 Å². The molecule has 1 rings (SSSR count). The lowest BCUT2D eigenvalue weighted by atomic mass is 9.95. The van der Waals surface area contributed by atoms with Gasteiger partial charge in [0.25, 0.3) is 0 Å². The van der Waals surface area contributed by atoms with E-state index in [1.165, 1.54) is 22.3 Å². The van der Waals surface area contributed by atoms with Gasteiger partial charge in [0.1, 0.15) is 5.75 Å². The van der Waals surface area contributed by atoms with Gasteiger partial charge in [-0.05, 0) is 48.9 Å². The summed E-state index contributed by atoms with van der Waals surface area (Å²) in [6.07, 6.45) is 2.09. The Labute approximate surface area is 87.1 Å². The Morgan fingerprint density at radius 1 is 1.00 bits per heavy atom. The lowest BCUT2D eigenvalue weighted by Crippen LogP contribution is -2.01. The fraction of sp³-hybridized carbons (Fsp3) is 0.538. The molecule has 0 aliphatic carbocycles. The van der Waals surface area contributed by atoms with Gasteiger partial charge in [-0.15, -0.1) is 0 Å². The first-order chi connectivity index (χ1) is 6.65. The molecule has 0 atom stereocenters. The average Bonchev–Trinajstić information content (AvgIpc) is 2.16. The predicted molar refractivity (Wildman–Crippen MR) is 61.2 cm³/mol. The molecule has 1 aromatic rings. The highest BCUT2D eigenvalue weighted by Gasteiger charge is 2.11. The van der Waals surface area contributed by atoms with Crippen molar-refractivity contribution in [2.75, 3.05) is 7.11 Å². The van der Waals surface area contributed by atoms with E-state index in [9.17, 15) is 0 Å². The largest absolute Gasteiger partial charge is 0.496 e. The van der Waals surface area contributed by atoms with Gasteiger partial charge in [-0.3, -0.25) is 0 Å². The zero-order valence-electron chi connectivity index (χ0n) is 9.90. The Kier molecular flexibility index (Phi) is 3.56. The van der Waals surface area contributed by atoms with Crippen molar-refractivity contribution in [2.45, 2.75) is 40.5 Å². The molecule has 0 amide bonds. The van der Waals surface area contributed by atoms with E-state index in [1.54, 1.807) is 7.11 Å². The fourth-order valence-electron chi connectivity index (χ4n) is 2.16. The summed E-state index contributed by atoms with van der Waals surface area (Å²) in [5.74, 6) is 1.10. The van der Waals surface area contributed by atoms with Gasteiger partial charge in [0.15, 0.2) is 0 Å². The number of benzene rings is 1. The smallest absolute Gasteiger partial charge is 0.125 e. The third-order valence-corrected chi connectivity index (χ3v) is 2.84. The number of hydrogen-bond acceptors (Lipinski definition) is 1. The molecule has 0 saturated carbocycles. The molecular formula is C13H20O. The summed E-state index contributed by atoms with van der Waals surface area (Å²) in [6, 6.07) is 2.26. The highest BCUT2D eigenvalue weighted by Crippen LogP contribution is 2.30. The van der Waals surface area contributed by atoms with E-state index in [1.807, 2.05) is 0 Å². The minimum atomic E-state index is 1.04. The molecule has 0 aliphatic rings. The second-order valence-electron chi connectivity index (χ2n) is 3.71. The minimum absolute atomic E-state index is 1.04. The van der Waals surface area contributed by atoms with Crippen LogP contribution >= 0.6 is 0 Å². The zero-order chi connectivity index (χ0) is 10.7. The van der Waals surface area contributed by atoms with Crippen molar-refractivity contribution in [3.05, 3.63) is 28.3 Å². The van der Waals surface area contributed by atoms with Gasteiger partial charge in [-0.2, -0.15) is 0 Å². The predicted octanol–water partition coefficient (Wildman–Crippen LogP) is 3.44. The van der Waals surface area contributed by atoms with Gasteiger partial charge in [0, 0.05) is 0 Å². The summed E-state index contributed by atoms with van der Waals surface area (Å²) < 4.78 is 5.52. The highest BCUT2D eigenvalue weighted by atomic mass is 16.5. The molecule has 0 N–H and O–H groups in total. The summed E-state index contributed by atoms with van der Waals surface area (Å²) in [6.45, 7) is 8.68. The van der Waals surface area contributed by atoms with Crippen LogP contribution in [0.1, 0.15) is 36.1 Å². The van der Waals surface area contributed by atoms with Crippen molar-refractivity contribution in [1.29, 1.82) is 0 Å². The van der Waals surface area contributed by atoms with Crippen LogP contribution in [0.2, 0.25) is 0 Å². The van der Waals surface area contributed by atoms with Crippen molar-refractivity contribution >= 4 is 0 Å². The number of rotatable bonds is 3. The molecule has 0 saturated heterocycles. The first-order valence-corrected chi connectivity index (χ1v) is 5.31. The van der Waals surface area contributed by atoms with Gasteiger partial charge in [0.05, 0.1) is 7.11 Å². The Bertz CT molecular complexity index is 298. The first kappa shape index (κ1) is 11.1. The van der Waals surface area contributed by atoms with Crippen LogP contribution in [0.4, 0.5) is 0 Å². The molecule has 1 nitrogen and oxygen atoms in total. The maximum absolute atomic E-state index is 5.52. The van der Waals surface area contributed by atoms with E-state index in [2.05, 4.69) is 33.8 Å². The van der Waals surface area contributed by atoms with Crippen molar-refractivity contribution < 1.29 is 4.74 Å². The van der Waals surface area contributed by atoms with Crippen LogP contribution in [0.15, 0.2) is 6.07 Å². The van der Waals surface area contributed by atoms with Crippen molar-refractivity contribution in [2.24, 2.45) is 0 Å². The molecule has 0 radical (unpaired) electrons. The number of hydrogen-bond donors (Lipinski definition) is 0. The first-order valence-electron chi connectivity index (χ1n) is 5.31. The van der Waals surface area contributed by atoms with E-state index < -0.39 is 0 Å². The molecule has 0 unspecified atom stereocenters. The van der Waals surface area contributed by atoms with Gasteiger partial charge in [-0.1, -0.05) is 19.9 Å². The van der Waals surface area contributed by atoms with Gasteiger partial charge >= 0.3 is 0 Å². The van der Waals surface area contributed by atoms with Crippen LogP contribution in [0, 0.1) is 13.8 Å². The van der Waals surface area contributed by atoms with Crippen LogP contribution in [0.25, 0.3) is 0 Å². The maximum atomic E-state index is 5.52. The summed E-state index contributed by atoms with van der Waals surface area (Å²) in [7, 11) is 1.77. The van der Waals surface area contributed by atoms with E-state index in [0.29, 0.717) is 0 Å². The molecular weight excluding hydrogens is 172 g/mol. The third-order valence-electron chi connectivity index (χ3n) is 2.84. The lowest BCUT2D eigenvalue weighted by molar-refractivity contribution is 0.404. The molecule has 0 spiro atoms. The van der Waals surface area contributed by atoms with Gasteiger partial charge in [-0.25, -0.2) is 0 Å². The molecule has 14 heavy (non-hydrogen) atoms. The monoisotopic (exact) mass is 192 g/mol. The SMILES string of the molecule is CCc1c(C)cc(C)c(CC)c1OC. The summed E-state index contributed by atoms with van der Waals surface area (Å²) in [4.78, 5) is 0. The Balaban J connectivity index is 3.43. The highest BCUT2D eigenvalue weighted by molar-refractivity contribution is 5.50. The standard InChI is InChI=1S/C13H20O/c1-6-11-9(3)8-10(4)12(7-2)13(11)14-5/h8H,6-7H2,1-5H3. The summed E-state index contributed by atoms with van der Waals surface area (Å²) in [5, 5.41) is 0. The molecule has 78 valence electrons. The minimum Gasteiger partial charge on any atom is -0.496 e. The summed E-state index contributed by atoms with van der Waals surface area (Å²) >= 11 is 0. The van der Waals surface area contributed by atoms with Gasteiger partial charge in [0.2, 0.25) is 0 Å². The molecule has 0 aromatic heterocycles. The normalized spacial score (nSPS) is 10.4. The Morgan fingerprint density at radius 3 is 1.71 bits per heavy atom. The number of aryl methyl sites for hydroxylation is 2. The lowest BCUT2D eigenvalue weighted by Gasteiger charge is -2.16. The topological polar surface area (TPSA) is 9.23 Å². The molecule has 0 fully saturated rings. The Hall–Kier alpha value is -0.980. The second-order valence-corrected chi connectivity index (χ2v) is 3.71. The number of ether oxygens (including phenoxy) is 1. The molecule has 0 heterocycles. The van der Waals surface area contributed by atoms with Crippen LogP contribution in [0.5, 0.6) is 5.75 Å². The molecule has 1 heteroatoms. The van der Waals surface area contributed by atoms with E-state index in [-0.39, 0.29) is 0 Å². The van der Waals surface area contributed by atoms with Crippen molar-refractivity contribution in [1.82, 2.24) is 0 Å². The van der Waals surface area contributed by atoms with Crippen LogP contribution in [-0.2, 0) is 12.8 Å². The van der Waals surface area contributed by atoms with Crippen molar-refractivity contribution in [3.8, 4) is 5.75 Å². The zero-order valence-corrected chi connectivity index (χ0v) is 9.90. The fourth-order valence-corrected chi connectivity index (χ4v) is 2.16. The average molecular weight is 192 g/mol. The van der Waals surface area contributed by atoms with Crippen LogP contribution < -0.4 is 4.74 Å². The van der Waals surface area contributed by atoms with E-state index >= 15 is 0 Å². The van der Waals surface area contributed by atoms with Crippen LogP contribution in [-0.4, -0.2) is 7.11 Å². The summed E-state index contributed by atoms with van der Waals surface area (Å²) in [5.41, 5.74) is 5.41. The van der Waals surface area contributed by atoms with E-state index in [4.69, 9.17) is 4.74 Å². The quantitative estimate of drug-likeness (QED) is 0.713. The molecule has 0 bridgehead atoms. The number of methoxy groups -OCH3 is 1. The van der Waals surface area contributed by atoms with Crippen LogP contribution in [0.3, 0.4) is 0 Å². The van der Waals surface area contributed by atoms with E-state index in [0.717, 1.165) is 18.6 Å². The molecule has 1 aromatic carbocycles. The molecule has 0 aliphatic heterocycles. The third kappa shape index (κ3) is 1.77. The second kappa shape index (κ2) is 4.50.